The number of aryl methyl sites for hydroxylation is 2. The van der Waals surface area contributed by atoms with Gasteiger partial charge in [0, 0.05) is 20.1 Å². The van der Waals surface area contributed by atoms with Crippen molar-refractivity contribution in [2.45, 2.75) is 65.8 Å². The summed E-state index contributed by atoms with van der Waals surface area (Å²) in [7, 11) is 1.85. The number of rotatable bonds is 9. The molecule has 0 atom stereocenters. The summed E-state index contributed by atoms with van der Waals surface area (Å²) in [6.07, 6.45) is 7.52. The van der Waals surface area contributed by atoms with Crippen molar-refractivity contribution in [3.63, 3.8) is 0 Å². The van der Waals surface area contributed by atoms with Crippen LogP contribution in [0, 0.1) is 19.8 Å². The third kappa shape index (κ3) is 8.81. The van der Waals surface area contributed by atoms with Gasteiger partial charge < -0.3 is 15.1 Å². The molecule has 0 amide bonds. The normalized spacial score (nSPS) is 16.2. The van der Waals surface area contributed by atoms with Crippen molar-refractivity contribution in [2.75, 3.05) is 33.2 Å². The number of unbranched alkanes of at least 4 members (excludes halogenated alkanes) is 3. The molecule has 6 nitrogen and oxygen atoms in total. The van der Waals surface area contributed by atoms with E-state index in [2.05, 4.69) is 32.4 Å². The topological polar surface area (TPSA) is 65.7 Å². The van der Waals surface area contributed by atoms with Crippen LogP contribution in [0.2, 0.25) is 0 Å². The molecule has 1 fully saturated rings. The first kappa shape index (κ1) is 24.2. The second kappa shape index (κ2) is 13.4. The van der Waals surface area contributed by atoms with Crippen molar-refractivity contribution in [3.8, 4) is 0 Å². The van der Waals surface area contributed by atoms with E-state index in [9.17, 15) is 0 Å². The van der Waals surface area contributed by atoms with Crippen molar-refractivity contribution in [1.82, 2.24) is 20.5 Å². The molecule has 2 N–H and O–H groups in total. The molecule has 156 valence electrons. The number of likely N-dealkylation sites (tertiary alicyclic amines) is 1. The Hall–Kier alpha value is -0.830. The Labute approximate surface area is 182 Å². The fraction of sp³-hybridized carbons (Fsp3) is 0.800. The van der Waals surface area contributed by atoms with Gasteiger partial charge in [-0.25, -0.2) is 4.98 Å². The highest BCUT2D eigenvalue weighted by molar-refractivity contribution is 14.0. The molecule has 0 spiro atoms. The first-order valence-electron chi connectivity index (χ1n) is 10.2. The molecule has 1 aromatic rings. The number of guanidine groups is 1. The number of oxazole rings is 1. The minimum Gasteiger partial charge on any atom is -0.444 e. The monoisotopic (exact) mass is 491 g/mol. The zero-order valence-electron chi connectivity index (χ0n) is 17.5. The number of aromatic nitrogens is 1. The van der Waals surface area contributed by atoms with Gasteiger partial charge in [0.15, 0.2) is 5.96 Å². The van der Waals surface area contributed by atoms with Crippen LogP contribution in [-0.4, -0.2) is 49.1 Å². The first-order chi connectivity index (χ1) is 12.6. The van der Waals surface area contributed by atoms with Gasteiger partial charge in [-0.2, -0.15) is 0 Å². The Kier molecular flexibility index (Phi) is 12.0. The van der Waals surface area contributed by atoms with E-state index in [-0.39, 0.29) is 24.0 Å². The van der Waals surface area contributed by atoms with Crippen molar-refractivity contribution < 1.29 is 4.42 Å². The molecule has 0 aromatic carbocycles. The summed E-state index contributed by atoms with van der Waals surface area (Å²) in [6.45, 7) is 11.3. The molecule has 0 unspecified atom stereocenters. The lowest BCUT2D eigenvalue weighted by Crippen LogP contribution is -2.43. The van der Waals surface area contributed by atoms with E-state index in [0.29, 0.717) is 5.92 Å². The molecular weight excluding hydrogens is 453 g/mol. The smallest absolute Gasteiger partial charge is 0.208 e. The van der Waals surface area contributed by atoms with Gasteiger partial charge in [-0.3, -0.25) is 9.89 Å². The molecule has 1 aromatic heterocycles. The molecule has 0 aliphatic carbocycles. The van der Waals surface area contributed by atoms with E-state index < -0.39 is 0 Å². The summed E-state index contributed by atoms with van der Waals surface area (Å²) in [5.74, 6) is 3.43. The Morgan fingerprint density at radius 1 is 1.19 bits per heavy atom. The van der Waals surface area contributed by atoms with Gasteiger partial charge in [0.1, 0.15) is 5.76 Å². The van der Waals surface area contributed by atoms with Crippen LogP contribution in [0.5, 0.6) is 0 Å². The molecule has 27 heavy (non-hydrogen) atoms. The zero-order chi connectivity index (χ0) is 18.8. The first-order valence-corrected chi connectivity index (χ1v) is 10.2. The molecule has 1 aliphatic heterocycles. The Bertz CT molecular complexity index is 533. The van der Waals surface area contributed by atoms with Gasteiger partial charge in [-0.05, 0) is 52.1 Å². The lowest BCUT2D eigenvalue weighted by atomic mass is 9.97. The van der Waals surface area contributed by atoms with E-state index in [1.165, 1.54) is 38.5 Å². The number of hydrogen-bond donors (Lipinski definition) is 2. The van der Waals surface area contributed by atoms with E-state index in [0.717, 1.165) is 56.0 Å². The van der Waals surface area contributed by atoms with Gasteiger partial charge in [0.2, 0.25) is 5.89 Å². The highest BCUT2D eigenvalue weighted by Gasteiger charge is 2.21. The summed E-state index contributed by atoms with van der Waals surface area (Å²) in [4.78, 5) is 11.3. The van der Waals surface area contributed by atoms with Crippen LogP contribution in [0.1, 0.15) is 62.8 Å². The Morgan fingerprint density at radius 2 is 1.93 bits per heavy atom. The van der Waals surface area contributed by atoms with E-state index in [1.54, 1.807) is 0 Å². The highest BCUT2D eigenvalue weighted by atomic mass is 127. The summed E-state index contributed by atoms with van der Waals surface area (Å²) in [6, 6.07) is 0. The molecule has 1 saturated heterocycles. The fourth-order valence-electron chi connectivity index (χ4n) is 3.37. The van der Waals surface area contributed by atoms with Gasteiger partial charge in [-0.15, -0.1) is 24.0 Å². The van der Waals surface area contributed by atoms with Crippen LogP contribution >= 0.6 is 24.0 Å². The Morgan fingerprint density at radius 3 is 2.52 bits per heavy atom. The molecule has 0 bridgehead atoms. The maximum absolute atomic E-state index is 5.71. The van der Waals surface area contributed by atoms with Crippen LogP contribution in [0.3, 0.4) is 0 Å². The van der Waals surface area contributed by atoms with Crippen LogP contribution in [-0.2, 0) is 6.54 Å². The predicted molar refractivity (Wildman–Crippen MR) is 123 cm³/mol. The average molecular weight is 491 g/mol. The largest absolute Gasteiger partial charge is 0.444 e. The number of piperidine rings is 1. The summed E-state index contributed by atoms with van der Waals surface area (Å²) in [5.41, 5.74) is 1.01. The maximum Gasteiger partial charge on any atom is 0.208 e. The SMILES string of the molecule is CCCCCCNC(=NC)NCC1CCN(Cc2nc(C)c(C)o2)CC1.I. The Balaban J connectivity index is 0.00000364. The highest BCUT2D eigenvalue weighted by Crippen LogP contribution is 2.19. The third-order valence-corrected chi connectivity index (χ3v) is 5.24. The third-order valence-electron chi connectivity index (χ3n) is 5.24. The average Bonchev–Trinajstić information content (AvgIpc) is 2.96. The van der Waals surface area contributed by atoms with E-state index in [4.69, 9.17) is 4.42 Å². The lowest BCUT2D eigenvalue weighted by molar-refractivity contribution is 0.164. The van der Waals surface area contributed by atoms with Crippen molar-refractivity contribution in [1.29, 1.82) is 0 Å². The van der Waals surface area contributed by atoms with Crippen LogP contribution < -0.4 is 10.6 Å². The maximum atomic E-state index is 5.71. The van der Waals surface area contributed by atoms with Crippen molar-refractivity contribution in [2.24, 2.45) is 10.9 Å². The predicted octanol–water partition coefficient (Wildman–Crippen LogP) is 3.87. The zero-order valence-corrected chi connectivity index (χ0v) is 19.8. The molecule has 0 radical (unpaired) electrons. The van der Waals surface area contributed by atoms with Gasteiger partial charge in [0.25, 0.3) is 0 Å². The molecule has 1 aliphatic rings. The second-order valence-electron chi connectivity index (χ2n) is 7.41. The summed E-state index contributed by atoms with van der Waals surface area (Å²) < 4.78 is 5.71. The molecule has 2 heterocycles. The molecule has 7 heteroatoms. The van der Waals surface area contributed by atoms with Crippen LogP contribution in [0.4, 0.5) is 0 Å². The van der Waals surface area contributed by atoms with E-state index in [1.807, 2.05) is 20.9 Å². The van der Waals surface area contributed by atoms with Crippen LogP contribution in [0.15, 0.2) is 9.41 Å². The molecule has 0 saturated carbocycles. The minimum atomic E-state index is 0. The van der Waals surface area contributed by atoms with Crippen molar-refractivity contribution >= 4 is 29.9 Å². The van der Waals surface area contributed by atoms with Crippen molar-refractivity contribution in [3.05, 3.63) is 17.3 Å². The second-order valence-corrected chi connectivity index (χ2v) is 7.41. The van der Waals surface area contributed by atoms with Crippen LogP contribution in [0.25, 0.3) is 0 Å². The number of hydrogen-bond acceptors (Lipinski definition) is 4. The number of nitrogens with one attached hydrogen (secondary N) is 2. The number of nitrogens with zero attached hydrogens (tertiary/aromatic N) is 3. The van der Waals surface area contributed by atoms with Gasteiger partial charge >= 0.3 is 0 Å². The lowest BCUT2D eigenvalue weighted by Gasteiger charge is -2.31. The van der Waals surface area contributed by atoms with Gasteiger partial charge in [0.05, 0.1) is 12.2 Å². The minimum absolute atomic E-state index is 0. The summed E-state index contributed by atoms with van der Waals surface area (Å²) >= 11 is 0. The standard InChI is InChI=1S/C20H37N5O.HI/c1-5-6-7-8-11-22-20(21-4)23-14-18-9-12-25(13-10-18)15-19-24-16(2)17(3)26-19;/h18H,5-15H2,1-4H3,(H2,21,22,23);1H. The quantitative estimate of drug-likeness (QED) is 0.238. The summed E-state index contributed by atoms with van der Waals surface area (Å²) in [5, 5.41) is 6.92. The molecular formula is C20H38IN5O. The van der Waals surface area contributed by atoms with E-state index >= 15 is 0 Å². The number of aliphatic imine (C=N–C) groups is 1. The molecule has 2 rings (SSSR count). The fourth-order valence-corrected chi connectivity index (χ4v) is 3.37. The van der Waals surface area contributed by atoms with Gasteiger partial charge in [-0.1, -0.05) is 26.2 Å². The number of halogens is 1.